The molecule has 0 fully saturated rings. The van der Waals surface area contributed by atoms with Crippen molar-refractivity contribution in [3.05, 3.63) is 64.7 Å². The third kappa shape index (κ3) is 3.53. The molecule has 1 aliphatic rings. The number of ketones is 1. The van der Waals surface area contributed by atoms with Crippen molar-refractivity contribution in [1.82, 2.24) is 0 Å². The van der Waals surface area contributed by atoms with Gasteiger partial charge in [0.15, 0.2) is 5.78 Å². The predicted molar refractivity (Wildman–Crippen MR) is 96.6 cm³/mol. The van der Waals surface area contributed by atoms with Gasteiger partial charge in [0.2, 0.25) is 0 Å². The van der Waals surface area contributed by atoms with Crippen LogP contribution in [0.3, 0.4) is 0 Å². The maximum absolute atomic E-state index is 12.6. The van der Waals surface area contributed by atoms with Crippen molar-refractivity contribution in [3.8, 4) is 17.2 Å². The highest BCUT2D eigenvalue weighted by atomic mass is 16.5. The monoisotopic (exact) mass is 338 g/mol. The Morgan fingerprint density at radius 3 is 2.60 bits per heavy atom. The molecule has 2 aromatic rings. The Hall–Kier alpha value is -2.75. The summed E-state index contributed by atoms with van der Waals surface area (Å²) < 4.78 is 11.3. The SMILES string of the molecule is COc1ccc(C2CC(=O)c3ccc(O)c(CC=C(C)C)c3O2)cc1. The molecule has 130 valence electrons. The van der Waals surface area contributed by atoms with E-state index in [-0.39, 0.29) is 24.1 Å². The van der Waals surface area contributed by atoms with Crippen LogP contribution in [0.25, 0.3) is 0 Å². The molecule has 0 spiro atoms. The van der Waals surface area contributed by atoms with Gasteiger partial charge in [0.1, 0.15) is 23.4 Å². The number of allylic oxidation sites excluding steroid dienone is 2. The van der Waals surface area contributed by atoms with Gasteiger partial charge in [-0.2, -0.15) is 0 Å². The van der Waals surface area contributed by atoms with Crippen LogP contribution in [-0.4, -0.2) is 18.0 Å². The lowest BCUT2D eigenvalue weighted by Gasteiger charge is -2.27. The standard InChI is InChI=1S/C21H22O4/c1-13(2)4-9-16-18(22)11-10-17-19(23)12-20(25-21(16)17)14-5-7-15(24-3)8-6-14/h4-8,10-11,20,22H,9,12H2,1-3H3. The predicted octanol–water partition coefficient (Wildman–Crippen LogP) is 4.62. The van der Waals surface area contributed by atoms with Crippen molar-refractivity contribution < 1.29 is 19.4 Å². The fourth-order valence-corrected chi connectivity index (χ4v) is 2.94. The number of carbonyl (C=O) groups excluding carboxylic acids is 1. The largest absolute Gasteiger partial charge is 0.508 e. The number of rotatable bonds is 4. The zero-order chi connectivity index (χ0) is 18.0. The molecule has 0 aliphatic carbocycles. The molecular weight excluding hydrogens is 316 g/mol. The molecule has 3 rings (SSSR count). The van der Waals surface area contributed by atoms with Crippen molar-refractivity contribution in [2.45, 2.75) is 32.8 Å². The van der Waals surface area contributed by atoms with Gasteiger partial charge in [-0.1, -0.05) is 23.8 Å². The normalized spacial score (nSPS) is 16.0. The van der Waals surface area contributed by atoms with E-state index in [0.29, 0.717) is 23.3 Å². The van der Waals surface area contributed by atoms with Crippen molar-refractivity contribution in [1.29, 1.82) is 0 Å². The summed E-state index contributed by atoms with van der Waals surface area (Å²) in [4.78, 5) is 12.6. The van der Waals surface area contributed by atoms with Gasteiger partial charge in [0.25, 0.3) is 0 Å². The van der Waals surface area contributed by atoms with Gasteiger partial charge in [-0.15, -0.1) is 0 Å². The minimum atomic E-state index is -0.363. The number of benzene rings is 2. The van der Waals surface area contributed by atoms with E-state index in [2.05, 4.69) is 0 Å². The van der Waals surface area contributed by atoms with Gasteiger partial charge in [-0.25, -0.2) is 0 Å². The first-order chi connectivity index (χ1) is 12.0. The van der Waals surface area contributed by atoms with Gasteiger partial charge in [-0.3, -0.25) is 4.79 Å². The number of methoxy groups -OCH3 is 1. The molecule has 4 nitrogen and oxygen atoms in total. The van der Waals surface area contributed by atoms with Gasteiger partial charge < -0.3 is 14.6 Å². The average molecular weight is 338 g/mol. The van der Waals surface area contributed by atoms with Crippen molar-refractivity contribution >= 4 is 5.78 Å². The van der Waals surface area contributed by atoms with Crippen LogP contribution in [0.1, 0.15) is 47.9 Å². The first kappa shape index (κ1) is 17.1. The van der Waals surface area contributed by atoms with Crippen LogP contribution in [0.15, 0.2) is 48.0 Å². The second-order valence-electron chi connectivity index (χ2n) is 6.43. The van der Waals surface area contributed by atoms with E-state index in [4.69, 9.17) is 9.47 Å². The third-order valence-electron chi connectivity index (χ3n) is 4.37. The zero-order valence-electron chi connectivity index (χ0n) is 14.7. The molecule has 1 atom stereocenters. The highest BCUT2D eigenvalue weighted by Gasteiger charge is 2.30. The zero-order valence-corrected chi connectivity index (χ0v) is 14.7. The Morgan fingerprint density at radius 1 is 1.24 bits per heavy atom. The second kappa shape index (κ2) is 7.01. The van der Waals surface area contributed by atoms with E-state index in [1.807, 2.05) is 44.2 Å². The molecule has 0 amide bonds. The van der Waals surface area contributed by atoms with Crippen molar-refractivity contribution in [2.24, 2.45) is 0 Å². The Kier molecular flexibility index (Phi) is 4.79. The van der Waals surface area contributed by atoms with Crippen LogP contribution < -0.4 is 9.47 Å². The number of phenolic OH excluding ortho intramolecular Hbond substituents is 1. The molecular formula is C21H22O4. The van der Waals surface area contributed by atoms with Gasteiger partial charge >= 0.3 is 0 Å². The molecule has 4 heteroatoms. The number of hydrogen-bond acceptors (Lipinski definition) is 4. The maximum atomic E-state index is 12.6. The van der Waals surface area contributed by atoms with Crippen LogP contribution in [-0.2, 0) is 6.42 Å². The molecule has 0 aromatic heterocycles. The summed E-state index contributed by atoms with van der Waals surface area (Å²) in [6.07, 6.45) is 2.46. The van der Waals surface area contributed by atoms with Gasteiger partial charge in [0, 0.05) is 5.56 Å². The second-order valence-corrected chi connectivity index (χ2v) is 6.43. The Balaban J connectivity index is 1.98. The van der Waals surface area contributed by atoms with E-state index >= 15 is 0 Å². The Bertz CT molecular complexity index is 815. The first-order valence-electron chi connectivity index (χ1n) is 8.31. The number of fused-ring (bicyclic) bond motifs is 1. The number of phenols is 1. The molecule has 25 heavy (non-hydrogen) atoms. The molecule has 0 radical (unpaired) electrons. The summed E-state index contributed by atoms with van der Waals surface area (Å²) in [6, 6.07) is 10.7. The van der Waals surface area contributed by atoms with Crippen LogP contribution in [0, 0.1) is 0 Å². The summed E-state index contributed by atoms with van der Waals surface area (Å²) in [5.41, 5.74) is 3.26. The molecule has 1 unspecified atom stereocenters. The van der Waals surface area contributed by atoms with Gasteiger partial charge in [0.05, 0.1) is 19.1 Å². The summed E-state index contributed by atoms with van der Waals surface area (Å²) in [7, 11) is 1.62. The molecule has 0 bridgehead atoms. The van der Waals surface area contributed by atoms with Crippen LogP contribution >= 0.6 is 0 Å². The topological polar surface area (TPSA) is 55.8 Å². The fourth-order valence-electron chi connectivity index (χ4n) is 2.94. The molecule has 1 heterocycles. The highest BCUT2D eigenvalue weighted by Crippen LogP contribution is 2.41. The first-order valence-corrected chi connectivity index (χ1v) is 8.31. The number of hydrogen-bond donors (Lipinski definition) is 1. The van der Waals surface area contributed by atoms with Crippen molar-refractivity contribution in [3.63, 3.8) is 0 Å². The maximum Gasteiger partial charge on any atom is 0.170 e. The summed E-state index contributed by atoms with van der Waals surface area (Å²) in [5, 5.41) is 10.3. The lowest BCUT2D eigenvalue weighted by Crippen LogP contribution is -2.21. The fraction of sp³-hybridized carbons (Fsp3) is 0.286. The molecule has 1 aliphatic heterocycles. The van der Waals surface area contributed by atoms with Crippen LogP contribution in [0.2, 0.25) is 0 Å². The third-order valence-corrected chi connectivity index (χ3v) is 4.37. The summed E-state index contributed by atoms with van der Waals surface area (Å²) >= 11 is 0. The van der Waals surface area contributed by atoms with Crippen molar-refractivity contribution in [2.75, 3.05) is 7.11 Å². The number of ether oxygens (including phenoxy) is 2. The molecule has 0 saturated carbocycles. The Morgan fingerprint density at radius 2 is 1.96 bits per heavy atom. The van der Waals surface area contributed by atoms with Crippen LogP contribution in [0.5, 0.6) is 17.2 Å². The number of Topliss-reactive ketones (excluding diaryl/α,β-unsaturated/α-hetero) is 1. The van der Waals surface area contributed by atoms with E-state index in [1.54, 1.807) is 19.2 Å². The average Bonchev–Trinajstić information content (AvgIpc) is 2.60. The van der Waals surface area contributed by atoms with E-state index in [9.17, 15) is 9.90 Å². The van der Waals surface area contributed by atoms with Gasteiger partial charge in [-0.05, 0) is 50.1 Å². The molecule has 2 aromatic carbocycles. The lowest BCUT2D eigenvalue weighted by molar-refractivity contribution is 0.0847. The quantitative estimate of drug-likeness (QED) is 0.827. The summed E-state index contributed by atoms with van der Waals surface area (Å²) in [5.74, 6) is 1.43. The van der Waals surface area contributed by atoms with E-state index in [1.165, 1.54) is 0 Å². The lowest BCUT2D eigenvalue weighted by atomic mass is 9.93. The molecule has 1 N–H and O–H groups in total. The van der Waals surface area contributed by atoms with E-state index in [0.717, 1.165) is 16.9 Å². The number of aromatic hydroxyl groups is 1. The summed E-state index contributed by atoms with van der Waals surface area (Å²) in [6.45, 7) is 4.00. The van der Waals surface area contributed by atoms with Crippen LogP contribution in [0.4, 0.5) is 0 Å². The highest BCUT2D eigenvalue weighted by molar-refractivity contribution is 6.00. The minimum absolute atomic E-state index is 0.0283. The Labute approximate surface area is 147 Å². The number of carbonyl (C=O) groups is 1. The minimum Gasteiger partial charge on any atom is -0.508 e. The molecule has 0 saturated heterocycles. The van der Waals surface area contributed by atoms with E-state index < -0.39 is 0 Å². The smallest absolute Gasteiger partial charge is 0.170 e.